The first-order valence-electron chi connectivity index (χ1n) is 8.85. The lowest BCUT2D eigenvalue weighted by Gasteiger charge is -2.43. The van der Waals surface area contributed by atoms with Gasteiger partial charge in [-0.15, -0.1) is 0 Å². The number of hydrogen-bond acceptors (Lipinski definition) is 1. The third-order valence-electron chi connectivity index (χ3n) is 5.15. The fraction of sp³-hybridized carbons (Fsp3) is 0.381. The fourth-order valence-corrected chi connectivity index (χ4v) is 4.26. The van der Waals surface area contributed by atoms with Crippen LogP contribution in [0.3, 0.4) is 0 Å². The topological polar surface area (TPSA) is 20.3 Å². The monoisotopic (exact) mass is 375 g/mol. The van der Waals surface area contributed by atoms with Gasteiger partial charge < -0.3 is 4.90 Å². The second-order valence-corrected chi connectivity index (χ2v) is 7.67. The minimum Gasteiger partial charge on any atom is -0.338 e. The van der Waals surface area contributed by atoms with E-state index in [2.05, 4.69) is 13.0 Å². The second-order valence-electron chi connectivity index (χ2n) is 6.86. The number of nitrogens with zero attached hydrogens (tertiary/aromatic N) is 1. The SMILES string of the molecule is CCCC1(c2ccc(Cl)c(Cl)c2)CCCN(C(=O)c2ccccc2)C1. The molecule has 0 aromatic heterocycles. The highest BCUT2D eigenvalue weighted by Gasteiger charge is 2.38. The molecule has 0 radical (unpaired) electrons. The predicted molar refractivity (Wildman–Crippen MR) is 105 cm³/mol. The van der Waals surface area contributed by atoms with Gasteiger partial charge in [0.25, 0.3) is 5.91 Å². The summed E-state index contributed by atoms with van der Waals surface area (Å²) in [6.07, 6.45) is 4.16. The van der Waals surface area contributed by atoms with Crippen LogP contribution in [0.2, 0.25) is 10.0 Å². The number of carbonyl (C=O) groups is 1. The molecule has 1 atom stereocenters. The molecule has 1 amide bonds. The third kappa shape index (κ3) is 3.86. The molecule has 3 rings (SSSR count). The van der Waals surface area contributed by atoms with Crippen molar-refractivity contribution >= 4 is 29.1 Å². The Morgan fingerprint density at radius 1 is 1.12 bits per heavy atom. The lowest BCUT2D eigenvalue weighted by Crippen LogP contribution is -2.48. The van der Waals surface area contributed by atoms with Crippen LogP contribution in [0.4, 0.5) is 0 Å². The van der Waals surface area contributed by atoms with E-state index in [0.29, 0.717) is 10.0 Å². The van der Waals surface area contributed by atoms with Gasteiger partial charge in [0.05, 0.1) is 10.0 Å². The molecule has 0 N–H and O–H groups in total. The van der Waals surface area contributed by atoms with Crippen molar-refractivity contribution in [3.63, 3.8) is 0 Å². The van der Waals surface area contributed by atoms with E-state index in [9.17, 15) is 4.79 Å². The summed E-state index contributed by atoms with van der Waals surface area (Å²) < 4.78 is 0. The summed E-state index contributed by atoms with van der Waals surface area (Å²) in [6, 6.07) is 15.5. The number of benzene rings is 2. The summed E-state index contributed by atoms with van der Waals surface area (Å²) in [5.74, 6) is 0.112. The van der Waals surface area contributed by atoms with Gasteiger partial charge in [-0.3, -0.25) is 4.79 Å². The van der Waals surface area contributed by atoms with Crippen LogP contribution >= 0.6 is 23.2 Å². The van der Waals surface area contributed by atoms with Gasteiger partial charge >= 0.3 is 0 Å². The maximum atomic E-state index is 12.9. The Bertz CT molecular complexity index is 743. The maximum absolute atomic E-state index is 12.9. The number of rotatable bonds is 4. The number of halogens is 2. The van der Waals surface area contributed by atoms with Crippen LogP contribution in [-0.4, -0.2) is 23.9 Å². The van der Waals surface area contributed by atoms with Crippen molar-refractivity contribution < 1.29 is 4.79 Å². The van der Waals surface area contributed by atoms with Crippen LogP contribution in [0.1, 0.15) is 48.5 Å². The Kier molecular flexibility index (Phi) is 5.71. The normalized spacial score (nSPS) is 20.5. The van der Waals surface area contributed by atoms with Crippen LogP contribution in [0.15, 0.2) is 48.5 Å². The van der Waals surface area contributed by atoms with Gasteiger partial charge in [-0.25, -0.2) is 0 Å². The van der Waals surface area contributed by atoms with E-state index in [1.165, 1.54) is 5.56 Å². The lowest BCUT2D eigenvalue weighted by atomic mass is 9.71. The van der Waals surface area contributed by atoms with Gasteiger partial charge in [-0.2, -0.15) is 0 Å². The molecule has 2 aromatic rings. The molecular formula is C21H23Cl2NO. The Morgan fingerprint density at radius 2 is 1.88 bits per heavy atom. The van der Waals surface area contributed by atoms with Crippen LogP contribution in [0.5, 0.6) is 0 Å². The molecule has 4 heteroatoms. The zero-order valence-corrected chi connectivity index (χ0v) is 16.0. The predicted octanol–water partition coefficient (Wildman–Crippen LogP) is 5.97. The summed E-state index contributed by atoms with van der Waals surface area (Å²) in [5.41, 5.74) is 1.89. The molecule has 1 unspecified atom stereocenters. The smallest absolute Gasteiger partial charge is 0.253 e. The van der Waals surface area contributed by atoms with Crippen molar-refractivity contribution in [2.75, 3.05) is 13.1 Å². The minimum absolute atomic E-state index is 0.0499. The first-order valence-corrected chi connectivity index (χ1v) is 9.61. The minimum atomic E-state index is -0.0499. The lowest BCUT2D eigenvalue weighted by molar-refractivity contribution is 0.0625. The van der Waals surface area contributed by atoms with E-state index in [1.807, 2.05) is 47.4 Å². The van der Waals surface area contributed by atoms with Crippen molar-refractivity contribution in [3.8, 4) is 0 Å². The molecule has 2 nitrogen and oxygen atoms in total. The quantitative estimate of drug-likeness (QED) is 0.644. The number of carbonyl (C=O) groups excluding carboxylic acids is 1. The zero-order chi connectivity index (χ0) is 17.9. The first-order chi connectivity index (χ1) is 12.1. The molecule has 1 fully saturated rings. The average Bonchev–Trinajstić information content (AvgIpc) is 2.64. The highest BCUT2D eigenvalue weighted by atomic mass is 35.5. The molecule has 2 aromatic carbocycles. The van der Waals surface area contributed by atoms with E-state index in [4.69, 9.17) is 23.2 Å². The maximum Gasteiger partial charge on any atom is 0.253 e. The van der Waals surface area contributed by atoms with Crippen molar-refractivity contribution in [1.82, 2.24) is 4.90 Å². The van der Waals surface area contributed by atoms with Gasteiger partial charge in [-0.1, -0.05) is 60.8 Å². The van der Waals surface area contributed by atoms with Crippen molar-refractivity contribution in [1.29, 1.82) is 0 Å². The molecule has 1 heterocycles. The number of amides is 1. The number of likely N-dealkylation sites (tertiary alicyclic amines) is 1. The molecule has 1 saturated heterocycles. The molecule has 132 valence electrons. The molecule has 0 aliphatic carbocycles. The molecule has 0 saturated carbocycles. The third-order valence-corrected chi connectivity index (χ3v) is 5.88. The zero-order valence-electron chi connectivity index (χ0n) is 14.5. The van der Waals surface area contributed by atoms with Crippen LogP contribution < -0.4 is 0 Å². The molecule has 25 heavy (non-hydrogen) atoms. The van der Waals surface area contributed by atoms with Crippen molar-refractivity contribution in [3.05, 3.63) is 69.7 Å². The van der Waals surface area contributed by atoms with Crippen LogP contribution in [-0.2, 0) is 5.41 Å². The van der Waals surface area contributed by atoms with Crippen molar-refractivity contribution in [2.45, 2.75) is 38.0 Å². The van der Waals surface area contributed by atoms with Crippen LogP contribution in [0.25, 0.3) is 0 Å². The van der Waals surface area contributed by atoms with Crippen LogP contribution in [0, 0.1) is 0 Å². The van der Waals surface area contributed by atoms with Gasteiger partial charge in [0, 0.05) is 24.1 Å². The molecule has 0 bridgehead atoms. The summed E-state index contributed by atoms with van der Waals surface area (Å²) in [7, 11) is 0. The molecular weight excluding hydrogens is 353 g/mol. The highest BCUT2D eigenvalue weighted by Crippen LogP contribution is 2.40. The van der Waals surface area contributed by atoms with E-state index in [-0.39, 0.29) is 11.3 Å². The highest BCUT2D eigenvalue weighted by molar-refractivity contribution is 6.42. The fourth-order valence-electron chi connectivity index (χ4n) is 3.96. The largest absolute Gasteiger partial charge is 0.338 e. The second kappa shape index (κ2) is 7.80. The average molecular weight is 376 g/mol. The Labute approximate surface area is 159 Å². The molecule has 0 spiro atoms. The van der Waals surface area contributed by atoms with Gasteiger partial charge in [-0.05, 0) is 49.1 Å². The van der Waals surface area contributed by atoms with Gasteiger partial charge in [0.2, 0.25) is 0 Å². The van der Waals surface area contributed by atoms with E-state index in [1.54, 1.807) is 0 Å². The van der Waals surface area contributed by atoms with Gasteiger partial charge in [0.15, 0.2) is 0 Å². The number of hydrogen-bond donors (Lipinski definition) is 0. The summed E-state index contributed by atoms with van der Waals surface area (Å²) in [6.45, 7) is 3.73. The van der Waals surface area contributed by atoms with E-state index < -0.39 is 0 Å². The van der Waals surface area contributed by atoms with Crippen molar-refractivity contribution in [2.24, 2.45) is 0 Å². The van der Waals surface area contributed by atoms with E-state index >= 15 is 0 Å². The standard InChI is InChI=1S/C21H23Cl2NO/c1-2-11-21(17-9-10-18(22)19(23)14-17)12-6-13-24(15-21)20(25)16-7-4-3-5-8-16/h3-5,7-10,14H,2,6,11-13,15H2,1H3. The first kappa shape index (κ1) is 18.3. The summed E-state index contributed by atoms with van der Waals surface area (Å²) >= 11 is 12.4. The molecule has 1 aliphatic heterocycles. The summed E-state index contributed by atoms with van der Waals surface area (Å²) in [4.78, 5) is 14.9. The summed E-state index contributed by atoms with van der Waals surface area (Å²) in [5, 5.41) is 1.16. The Balaban J connectivity index is 1.91. The Hall–Kier alpha value is -1.51. The number of piperidine rings is 1. The molecule has 1 aliphatic rings. The van der Waals surface area contributed by atoms with Gasteiger partial charge in [0.1, 0.15) is 0 Å². The van der Waals surface area contributed by atoms with E-state index in [0.717, 1.165) is 44.3 Å². The Morgan fingerprint density at radius 3 is 2.56 bits per heavy atom.